The maximum absolute atomic E-state index is 10.2. The molecule has 0 bridgehead atoms. The molecule has 86 valence electrons. The fourth-order valence-electron chi connectivity index (χ4n) is 1.02. The van der Waals surface area contributed by atoms with Crippen LogP contribution >= 0.6 is 0 Å². The minimum absolute atomic E-state index is 0.423. The van der Waals surface area contributed by atoms with Crippen molar-refractivity contribution in [2.24, 2.45) is 0 Å². The van der Waals surface area contributed by atoms with Crippen molar-refractivity contribution in [1.29, 1.82) is 0 Å². The molecule has 5 nitrogen and oxygen atoms in total. The molecule has 1 aromatic heterocycles. The predicted molar refractivity (Wildman–Crippen MR) is 57.2 cm³/mol. The highest BCUT2D eigenvalue weighted by molar-refractivity contribution is 7.84. The van der Waals surface area contributed by atoms with E-state index in [1.54, 1.807) is 36.7 Å². The Morgan fingerprint density at radius 1 is 1.25 bits per heavy atom. The molecule has 0 saturated heterocycles. The van der Waals surface area contributed by atoms with E-state index in [-0.39, 0.29) is 0 Å². The van der Waals surface area contributed by atoms with Gasteiger partial charge in [-0.3, -0.25) is 9.97 Å². The van der Waals surface area contributed by atoms with Gasteiger partial charge < -0.3 is 4.55 Å². The van der Waals surface area contributed by atoms with Gasteiger partial charge in [0, 0.05) is 0 Å². The van der Waals surface area contributed by atoms with Crippen LogP contribution in [-0.4, -0.2) is 18.0 Å². The Balaban J connectivity index is 0.000000212. The summed E-state index contributed by atoms with van der Waals surface area (Å²) in [6.07, 6.45) is 5.39. The standard InChI is InChI=1S/C7H8O3S.C3H4N2/c8-11(9,10)6-7-4-2-1-3-5-7;1-2-5-3-4-1/h1-5H,6H2,(H,8,9,10);1-3H,(H,4,5). The van der Waals surface area contributed by atoms with Gasteiger partial charge >= 0.3 is 0 Å². The molecule has 0 aliphatic heterocycles. The average molecular weight is 240 g/mol. The molecule has 0 aliphatic carbocycles. The first-order valence-electron chi connectivity index (χ1n) is 4.54. The van der Waals surface area contributed by atoms with Gasteiger partial charge in [-0.2, -0.15) is 0 Å². The Bertz CT molecular complexity index is 463. The van der Waals surface area contributed by atoms with Gasteiger partial charge in [0.15, 0.2) is 0 Å². The molecule has 1 heterocycles. The van der Waals surface area contributed by atoms with Crippen LogP contribution in [0.5, 0.6) is 0 Å². The predicted octanol–water partition coefficient (Wildman–Crippen LogP) is 0.561. The second-order valence-corrected chi connectivity index (χ2v) is 4.40. The molecule has 0 aliphatic rings. The van der Waals surface area contributed by atoms with Crippen LogP contribution in [0.4, 0.5) is 0 Å². The lowest BCUT2D eigenvalue weighted by Gasteiger charge is -2.05. The number of hydrogen-bond acceptors (Lipinski definition) is 3. The maximum Gasteiger partial charge on any atom is 0.239 e. The van der Waals surface area contributed by atoms with Crippen molar-refractivity contribution in [1.82, 2.24) is 4.98 Å². The smallest absolute Gasteiger partial charge is 0.239 e. The van der Waals surface area contributed by atoms with Crippen LogP contribution in [0, 0.1) is 0 Å². The molecule has 0 atom stereocenters. The third kappa shape index (κ3) is 5.94. The number of H-pyrrole nitrogens is 2. The summed E-state index contributed by atoms with van der Waals surface area (Å²) >= 11 is 0. The number of rotatable bonds is 2. The Hall–Kier alpha value is -1.66. The third-order valence-corrected chi connectivity index (χ3v) is 2.32. The summed E-state index contributed by atoms with van der Waals surface area (Å²) in [5.41, 5.74) is 0.530. The topological polar surface area (TPSA) is 87.1 Å². The summed E-state index contributed by atoms with van der Waals surface area (Å²) in [5.74, 6) is -0.423. The Morgan fingerprint density at radius 2 is 1.94 bits per heavy atom. The summed E-state index contributed by atoms with van der Waals surface area (Å²) < 4.78 is 30.7. The van der Waals surface area contributed by atoms with Crippen molar-refractivity contribution in [3.8, 4) is 0 Å². The van der Waals surface area contributed by atoms with Gasteiger partial charge in [-0.05, 0) is 5.56 Å². The van der Waals surface area contributed by atoms with E-state index < -0.39 is 15.9 Å². The summed E-state index contributed by atoms with van der Waals surface area (Å²) in [6, 6.07) is 8.37. The van der Waals surface area contributed by atoms with E-state index in [2.05, 4.69) is 9.97 Å². The van der Waals surface area contributed by atoms with Crippen LogP contribution in [0.2, 0.25) is 0 Å². The number of aromatic nitrogens is 2. The maximum atomic E-state index is 10.2. The molecule has 6 heteroatoms. The van der Waals surface area contributed by atoms with Crippen LogP contribution in [0.25, 0.3) is 0 Å². The average Bonchev–Trinajstić information content (AvgIpc) is 2.74. The fraction of sp³-hybridized carbons (Fsp3) is 0.100. The highest BCUT2D eigenvalue weighted by atomic mass is 32.2. The van der Waals surface area contributed by atoms with Crippen LogP contribution in [0.3, 0.4) is 0 Å². The molecule has 0 fully saturated rings. The summed E-state index contributed by atoms with van der Waals surface area (Å²) in [4.78, 5) is 5.61. The van der Waals surface area contributed by atoms with Gasteiger partial charge in [-0.25, -0.2) is 8.42 Å². The van der Waals surface area contributed by atoms with Gasteiger partial charge in [0.05, 0.1) is 15.9 Å². The van der Waals surface area contributed by atoms with E-state index in [0.717, 1.165) is 0 Å². The minimum atomic E-state index is -4.13. The lowest BCUT2D eigenvalue weighted by Crippen LogP contribution is -2.01. The van der Waals surface area contributed by atoms with E-state index in [1.165, 1.54) is 0 Å². The summed E-state index contributed by atoms with van der Waals surface area (Å²) in [5, 5.41) is 0. The molecular weight excluding hydrogens is 228 g/mol. The normalized spacial score (nSPS) is 10.3. The first-order chi connectivity index (χ1) is 7.58. The van der Waals surface area contributed by atoms with Crippen molar-refractivity contribution in [2.45, 2.75) is 5.75 Å². The summed E-state index contributed by atoms with van der Waals surface area (Å²) in [7, 11) is -4.13. The van der Waals surface area contributed by atoms with Crippen molar-refractivity contribution in [3.05, 3.63) is 54.6 Å². The number of hydrogen-bond donors (Lipinski definition) is 1. The molecule has 0 unspecified atom stereocenters. The largest absolute Gasteiger partial charge is 0.748 e. The van der Waals surface area contributed by atoms with Gasteiger partial charge in [0.2, 0.25) is 6.33 Å². The molecule has 0 spiro atoms. The molecule has 1 aromatic carbocycles. The quantitative estimate of drug-likeness (QED) is 0.778. The molecular formula is C10H12N2O3S. The zero-order valence-corrected chi connectivity index (χ0v) is 9.28. The van der Waals surface area contributed by atoms with Gasteiger partial charge in [0.25, 0.3) is 0 Å². The van der Waals surface area contributed by atoms with Gasteiger partial charge in [-0.15, -0.1) is 0 Å². The summed E-state index contributed by atoms with van der Waals surface area (Å²) in [6.45, 7) is 0. The van der Waals surface area contributed by atoms with Crippen LogP contribution in [-0.2, 0) is 15.9 Å². The molecule has 2 N–H and O–H groups in total. The van der Waals surface area contributed by atoms with E-state index >= 15 is 0 Å². The van der Waals surface area contributed by atoms with Crippen LogP contribution in [0.1, 0.15) is 5.56 Å². The lowest BCUT2D eigenvalue weighted by atomic mass is 10.2. The number of nitrogens with one attached hydrogen (secondary N) is 2. The fourth-order valence-corrected chi connectivity index (χ4v) is 1.62. The molecule has 0 amide bonds. The Kier molecular flexibility index (Phi) is 4.68. The molecule has 0 saturated carbocycles. The van der Waals surface area contributed by atoms with Crippen molar-refractivity contribution >= 4 is 10.1 Å². The minimum Gasteiger partial charge on any atom is -0.748 e. The Labute approximate surface area is 93.9 Å². The lowest BCUT2D eigenvalue weighted by molar-refractivity contribution is -0.375. The van der Waals surface area contributed by atoms with Crippen LogP contribution in [0.15, 0.2) is 49.1 Å². The molecule has 2 rings (SSSR count). The first kappa shape index (κ1) is 12.4. The Morgan fingerprint density at radius 3 is 2.31 bits per heavy atom. The second kappa shape index (κ2) is 6.04. The van der Waals surface area contributed by atoms with Gasteiger partial charge in [-0.1, -0.05) is 30.3 Å². The van der Waals surface area contributed by atoms with Crippen LogP contribution < -0.4 is 4.98 Å². The molecule has 16 heavy (non-hydrogen) atoms. The zero-order chi connectivity index (χ0) is 11.9. The zero-order valence-electron chi connectivity index (χ0n) is 8.46. The highest BCUT2D eigenvalue weighted by Gasteiger charge is 1.95. The number of benzene rings is 1. The number of aromatic amines is 2. The number of imidazole rings is 1. The van der Waals surface area contributed by atoms with E-state index in [1.807, 2.05) is 12.4 Å². The monoisotopic (exact) mass is 240 g/mol. The third-order valence-electron chi connectivity index (χ3n) is 1.63. The van der Waals surface area contributed by atoms with E-state index in [0.29, 0.717) is 5.56 Å². The van der Waals surface area contributed by atoms with Crippen molar-refractivity contribution in [2.75, 3.05) is 0 Å². The SMILES string of the molecule is O=S(=O)([O-])Cc1ccccc1.c1c[nH+]c[nH]1. The van der Waals surface area contributed by atoms with Crippen molar-refractivity contribution < 1.29 is 18.0 Å². The van der Waals surface area contributed by atoms with E-state index in [9.17, 15) is 13.0 Å². The molecule has 0 radical (unpaired) electrons. The second-order valence-electron chi connectivity index (χ2n) is 3.00. The first-order valence-corrected chi connectivity index (χ1v) is 6.12. The van der Waals surface area contributed by atoms with Gasteiger partial charge in [0.1, 0.15) is 12.4 Å². The molecule has 2 aromatic rings. The van der Waals surface area contributed by atoms with Crippen molar-refractivity contribution in [3.63, 3.8) is 0 Å². The van der Waals surface area contributed by atoms with E-state index in [4.69, 9.17) is 0 Å². The highest BCUT2D eigenvalue weighted by Crippen LogP contribution is 2.02.